The third kappa shape index (κ3) is 4.82. The fraction of sp³-hybridized carbons (Fsp3) is 0.591. The van der Waals surface area contributed by atoms with Crippen molar-refractivity contribution in [1.29, 1.82) is 0 Å². The van der Waals surface area contributed by atoms with Gasteiger partial charge < -0.3 is 10.2 Å². The molecule has 5 nitrogen and oxygen atoms in total. The summed E-state index contributed by atoms with van der Waals surface area (Å²) in [5, 5.41) is 3.15. The van der Waals surface area contributed by atoms with Crippen molar-refractivity contribution in [3.63, 3.8) is 0 Å². The van der Waals surface area contributed by atoms with Crippen molar-refractivity contribution in [3.8, 4) is 12.3 Å². The first-order valence-corrected chi connectivity index (χ1v) is 9.89. The number of carbonyl (C=O) groups excluding carboxylic acids is 1. The normalized spacial score (nSPS) is 26.6. The van der Waals surface area contributed by atoms with Gasteiger partial charge in [0.05, 0.1) is 6.54 Å². The summed E-state index contributed by atoms with van der Waals surface area (Å²) in [5.74, 6) is 4.20. The standard InChI is InChI=1S/C22H32N4O/c1-5-11-25(4)15-19-16-26-12-10-18(19)13-21(26)14-23-22(27)17-6-8-20(9-7-17)24(2)3/h1,6-9,18-19,21H,10-16H2,2-4H3,(H,23,27). The summed E-state index contributed by atoms with van der Waals surface area (Å²) in [5.41, 5.74) is 1.83. The molecule has 27 heavy (non-hydrogen) atoms. The molecule has 1 aromatic rings. The van der Waals surface area contributed by atoms with E-state index in [2.05, 4.69) is 28.1 Å². The first kappa shape index (κ1) is 19.7. The van der Waals surface area contributed by atoms with Crippen LogP contribution in [0.5, 0.6) is 0 Å². The lowest BCUT2D eigenvalue weighted by atomic mass is 9.75. The van der Waals surface area contributed by atoms with E-state index >= 15 is 0 Å². The molecule has 0 saturated carbocycles. The van der Waals surface area contributed by atoms with Crippen molar-refractivity contribution in [2.45, 2.75) is 18.9 Å². The van der Waals surface area contributed by atoms with E-state index in [-0.39, 0.29) is 5.91 Å². The number of carbonyl (C=O) groups is 1. The second kappa shape index (κ2) is 8.77. The molecular weight excluding hydrogens is 336 g/mol. The lowest BCUT2D eigenvalue weighted by Crippen LogP contribution is -2.58. The molecule has 3 saturated heterocycles. The number of benzene rings is 1. The highest BCUT2D eigenvalue weighted by Gasteiger charge is 2.40. The zero-order valence-corrected chi connectivity index (χ0v) is 16.8. The predicted octanol–water partition coefficient (Wildman–Crippen LogP) is 1.76. The summed E-state index contributed by atoms with van der Waals surface area (Å²) >= 11 is 0. The predicted molar refractivity (Wildman–Crippen MR) is 111 cm³/mol. The molecule has 1 N–H and O–H groups in total. The second-order valence-electron chi connectivity index (χ2n) is 8.25. The summed E-state index contributed by atoms with van der Waals surface area (Å²) in [6.45, 7) is 4.80. The Balaban J connectivity index is 1.50. The molecule has 4 atom stereocenters. The molecule has 0 aliphatic carbocycles. The van der Waals surface area contributed by atoms with Crippen LogP contribution < -0.4 is 10.2 Å². The number of piperidine rings is 3. The molecule has 146 valence electrons. The number of anilines is 1. The van der Waals surface area contributed by atoms with Gasteiger partial charge in [-0.05, 0) is 62.5 Å². The van der Waals surface area contributed by atoms with Gasteiger partial charge in [-0.2, -0.15) is 0 Å². The van der Waals surface area contributed by atoms with Crippen molar-refractivity contribution in [3.05, 3.63) is 29.8 Å². The van der Waals surface area contributed by atoms with Crippen molar-refractivity contribution in [2.24, 2.45) is 11.8 Å². The highest BCUT2D eigenvalue weighted by molar-refractivity contribution is 5.94. The molecule has 3 fully saturated rings. The van der Waals surface area contributed by atoms with Crippen LogP contribution in [0.1, 0.15) is 23.2 Å². The van der Waals surface area contributed by atoms with Crippen LogP contribution in [0, 0.1) is 24.2 Å². The largest absolute Gasteiger partial charge is 0.378 e. The van der Waals surface area contributed by atoms with Crippen LogP contribution in [-0.2, 0) is 0 Å². The van der Waals surface area contributed by atoms with Crippen LogP contribution in [0.25, 0.3) is 0 Å². The smallest absolute Gasteiger partial charge is 0.251 e. The number of hydrogen-bond acceptors (Lipinski definition) is 4. The molecular formula is C22H32N4O. The van der Waals surface area contributed by atoms with Gasteiger partial charge in [-0.15, -0.1) is 6.42 Å². The molecule has 0 spiro atoms. The van der Waals surface area contributed by atoms with Crippen LogP contribution in [0.2, 0.25) is 0 Å². The Labute approximate surface area is 163 Å². The monoisotopic (exact) mass is 368 g/mol. The van der Waals surface area contributed by atoms with Crippen LogP contribution >= 0.6 is 0 Å². The Morgan fingerprint density at radius 2 is 2.04 bits per heavy atom. The summed E-state index contributed by atoms with van der Waals surface area (Å²) < 4.78 is 0. The van der Waals surface area contributed by atoms with Gasteiger partial charge in [0.25, 0.3) is 5.91 Å². The third-order valence-electron chi connectivity index (χ3n) is 6.07. The average Bonchev–Trinajstić information content (AvgIpc) is 2.67. The molecule has 4 rings (SSSR count). The summed E-state index contributed by atoms with van der Waals surface area (Å²) in [6.07, 6.45) is 7.87. The lowest BCUT2D eigenvalue weighted by Gasteiger charge is -2.50. The quantitative estimate of drug-likeness (QED) is 0.745. The van der Waals surface area contributed by atoms with Gasteiger partial charge >= 0.3 is 0 Å². The van der Waals surface area contributed by atoms with Gasteiger partial charge in [0, 0.05) is 51.0 Å². The number of terminal acetylenes is 1. The van der Waals surface area contributed by atoms with E-state index in [1.807, 2.05) is 43.3 Å². The van der Waals surface area contributed by atoms with Gasteiger partial charge in [0.2, 0.25) is 0 Å². The highest BCUT2D eigenvalue weighted by atomic mass is 16.1. The SMILES string of the molecule is C#CCN(C)CC1CN2CCC1CC2CNC(=O)c1ccc(N(C)C)cc1. The minimum absolute atomic E-state index is 0.0215. The van der Waals surface area contributed by atoms with E-state index in [9.17, 15) is 4.79 Å². The Hall–Kier alpha value is -2.03. The molecule has 1 aromatic carbocycles. The van der Waals surface area contributed by atoms with Crippen LogP contribution in [-0.4, -0.2) is 75.6 Å². The maximum Gasteiger partial charge on any atom is 0.251 e. The summed E-state index contributed by atoms with van der Waals surface area (Å²) in [7, 11) is 6.11. The molecule has 4 unspecified atom stereocenters. The summed E-state index contributed by atoms with van der Waals surface area (Å²) in [6, 6.07) is 8.23. The van der Waals surface area contributed by atoms with E-state index in [1.54, 1.807) is 0 Å². The van der Waals surface area contributed by atoms with E-state index in [0.29, 0.717) is 12.0 Å². The molecule has 3 aliphatic heterocycles. The molecule has 5 heteroatoms. The van der Waals surface area contributed by atoms with Crippen LogP contribution in [0.4, 0.5) is 5.69 Å². The maximum atomic E-state index is 12.5. The van der Waals surface area contributed by atoms with Crippen LogP contribution in [0.3, 0.4) is 0 Å². The number of hydrogen-bond donors (Lipinski definition) is 1. The van der Waals surface area contributed by atoms with Crippen molar-refractivity contribution < 1.29 is 4.79 Å². The van der Waals surface area contributed by atoms with E-state index in [4.69, 9.17) is 6.42 Å². The number of fused-ring (bicyclic) bond motifs is 3. The van der Waals surface area contributed by atoms with Crippen molar-refractivity contribution in [1.82, 2.24) is 15.1 Å². The first-order chi connectivity index (χ1) is 13.0. The Kier molecular flexibility index (Phi) is 6.41. The Bertz CT molecular complexity index is 679. The van der Waals surface area contributed by atoms with Gasteiger partial charge in [0.15, 0.2) is 0 Å². The summed E-state index contributed by atoms with van der Waals surface area (Å²) in [4.78, 5) is 19.3. The zero-order chi connectivity index (χ0) is 19.4. The van der Waals surface area contributed by atoms with E-state index in [0.717, 1.165) is 49.9 Å². The van der Waals surface area contributed by atoms with Crippen molar-refractivity contribution >= 4 is 11.6 Å². The lowest BCUT2D eigenvalue weighted by molar-refractivity contribution is -0.00762. The highest BCUT2D eigenvalue weighted by Crippen LogP contribution is 2.36. The Morgan fingerprint density at radius 3 is 2.63 bits per heavy atom. The van der Waals surface area contributed by atoms with E-state index in [1.165, 1.54) is 12.8 Å². The zero-order valence-electron chi connectivity index (χ0n) is 16.8. The topological polar surface area (TPSA) is 38.8 Å². The average molecular weight is 369 g/mol. The fourth-order valence-electron chi connectivity index (χ4n) is 4.51. The second-order valence-corrected chi connectivity index (χ2v) is 8.25. The molecule has 0 aromatic heterocycles. The molecule has 1 amide bonds. The minimum Gasteiger partial charge on any atom is -0.378 e. The molecule has 3 aliphatic rings. The van der Waals surface area contributed by atoms with Gasteiger partial charge in [0.1, 0.15) is 0 Å². The number of nitrogens with one attached hydrogen (secondary N) is 1. The van der Waals surface area contributed by atoms with Crippen LogP contribution in [0.15, 0.2) is 24.3 Å². The number of amides is 1. The fourth-order valence-corrected chi connectivity index (χ4v) is 4.51. The van der Waals surface area contributed by atoms with Gasteiger partial charge in [-0.3, -0.25) is 14.6 Å². The number of rotatable bonds is 7. The van der Waals surface area contributed by atoms with Gasteiger partial charge in [-0.1, -0.05) is 5.92 Å². The van der Waals surface area contributed by atoms with Gasteiger partial charge in [-0.25, -0.2) is 0 Å². The maximum absolute atomic E-state index is 12.5. The van der Waals surface area contributed by atoms with Crippen molar-refractivity contribution in [2.75, 3.05) is 58.8 Å². The first-order valence-electron chi connectivity index (χ1n) is 9.89. The Morgan fingerprint density at radius 1 is 1.30 bits per heavy atom. The minimum atomic E-state index is 0.0215. The van der Waals surface area contributed by atoms with E-state index < -0.39 is 0 Å². The number of nitrogens with zero attached hydrogens (tertiary/aromatic N) is 3. The third-order valence-corrected chi connectivity index (χ3v) is 6.07. The molecule has 3 heterocycles. The molecule has 0 radical (unpaired) electrons. The molecule has 2 bridgehead atoms.